The molecule has 1 unspecified atom stereocenters. The number of para-hydroxylation sites is 1. The van der Waals surface area contributed by atoms with E-state index in [1.807, 2.05) is 38.1 Å². The van der Waals surface area contributed by atoms with E-state index in [0.29, 0.717) is 26.1 Å². The zero-order chi connectivity index (χ0) is 26.9. The topological polar surface area (TPSA) is 49.8 Å². The highest BCUT2D eigenvalue weighted by molar-refractivity contribution is 7.10. The number of rotatable bonds is 13. The Kier molecular flexibility index (Phi) is 9.74. The Morgan fingerprint density at radius 3 is 2.42 bits per heavy atom. The number of aliphatic carboxylic acids is 1. The molecule has 1 N–H and O–H groups in total. The molecule has 1 aromatic heterocycles. The van der Waals surface area contributed by atoms with Crippen molar-refractivity contribution >= 4 is 17.3 Å². The number of hydrogen-bond donors (Lipinski definition) is 1. The number of hydrogen-bond acceptors (Lipinski definition) is 4. The zero-order valence-electron chi connectivity index (χ0n) is 22.5. The fraction of sp³-hybridized carbons (Fsp3) is 0.303. The monoisotopic (exact) mass is 527 g/mol. The molecule has 4 aromatic rings. The number of ether oxygens (including phenoxy) is 1. The Morgan fingerprint density at radius 2 is 1.68 bits per heavy atom. The van der Waals surface area contributed by atoms with Crippen LogP contribution in [0.1, 0.15) is 41.8 Å². The maximum absolute atomic E-state index is 11.9. The van der Waals surface area contributed by atoms with Crippen molar-refractivity contribution in [2.24, 2.45) is 11.8 Å². The molecule has 0 fully saturated rings. The van der Waals surface area contributed by atoms with Crippen LogP contribution < -0.4 is 4.74 Å². The van der Waals surface area contributed by atoms with E-state index in [0.717, 1.165) is 23.4 Å². The quantitative estimate of drug-likeness (QED) is 0.191. The minimum absolute atomic E-state index is 0.0886. The summed E-state index contributed by atoms with van der Waals surface area (Å²) in [5.74, 6) is -0.127. The maximum atomic E-state index is 11.9. The van der Waals surface area contributed by atoms with Gasteiger partial charge in [0.25, 0.3) is 0 Å². The van der Waals surface area contributed by atoms with Gasteiger partial charge >= 0.3 is 5.97 Å². The Bertz CT molecular complexity index is 1310. The van der Waals surface area contributed by atoms with Gasteiger partial charge in [0, 0.05) is 23.5 Å². The Balaban J connectivity index is 1.52. The minimum Gasteiger partial charge on any atom is -0.489 e. The summed E-state index contributed by atoms with van der Waals surface area (Å²) in [6, 6.07) is 29.2. The van der Waals surface area contributed by atoms with Crippen LogP contribution in [0.2, 0.25) is 0 Å². The van der Waals surface area contributed by atoms with Gasteiger partial charge in [0.05, 0.1) is 5.92 Å². The Morgan fingerprint density at radius 1 is 0.921 bits per heavy atom. The molecule has 38 heavy (non-hydrogen) atoms. The zero-order valence-corrected chi connectivity index (χ0v) is 23.3. The van der Waals surface area contributed by atoms with Crippen molar-refractivity contribution < 1.29 is 14.6 Å². The third-order valence-electron chi connectivity index (χ3n) is 6.86. The van der Waals surface area contributed by atoms with Crippen LogP contribution in [0.3, 0.4) is 0 Å². The standard InChI is InChI=1S/C33H37NO3S/c1-24(2)31(33(35)36)16-17-34(21-30-19-29(23-38-30)27-12-5-4-6-13-27)20-28-14-7-8-15-32(28)37-22-26-11-9-10-25(3)18-26/h4-15,18-19,23-24,31H,16-17,20-22H2,1-3H3,(H,35,36). The second kappa shape index (κ2) is 13.4. The average Bonchev–Trinajstić information content (AvgIpc) is 3.37. The van der Waals surface area contributed by atoms with E-state index in [2.05, 4.69) is 77.9 Å². The highest BCUT2D eigenvalue weighted by atomic mass is 32.1. The van der Waals surface area contributed by atoms with Gasteiger partial charge in [-0.2, -0.15) is 0 Å². The third kappa shape index (κ3) is 7.80. The third-order valence-corrected chi connectivity index (χ3v) is 7.78. The van der Waals surface area contributed by atoms with Crippen molar-refractivity contribution in [3.05, 3.63) is 112 Å². The van der Waals surface area contributed by atoms with Crippen LogP contribution in [0.25, 0.3) is 11.1 Å². The summed E-state index contributed by atoms with van der Waals surface area (Å²) in [6.45, 7) is 8.72. The number of aryl methyl sites for hydroxylation is 1. The van der Waals surface area contributed by atoms with E-state index in [1.54, 1.807) is 11.3 Å². The fourth-order valence-corrected chi connectivity index (χ4v) is 5.66. The Labute approximate surface area is 230 Å². The van der Waals surface area contributed by atoms with E-state index >= 15 is 0 Å². The molecule has 0 radical (unpaired) electrons. The molecule has 0 amide bonds. The first-order valence-electron chi connectivity index (χ1n) is 13.2. The first-order chi connectivity index (χ1) is 18.4. The van der Waals surface area contributed by atoms with E-state index in [9.17, 15) is 9.90 Å². The van der Waals surface area contributed by atoms with Gasteiger partial charge in [-0.15, -0.1) is 11.3 Å². The highest BCUT2D eigenvalue weighted by Gasteiger charge is 2.23. The summed E-state index contributed by atoms with van der Waals surface area (Å²) in [4.78, 5) is 15.5. The summed E-state index contributed by atoms with van der Waals surface area (Å²) >= 11 is 1.75. The van der Waals surface area contributed by atoms with Crippen LogP contribution in [-0.2, 0) is 24.5 Å². The molecule has 0 aliphatic carbocycles. The maximum Gasteiger partial charge on any atom is 0.306 e. The lowest BCUT2D eigenvalue weighted by molar-refractivity contribution is -0.143. The first kappa shape index (κ1) is 27.6. The molecule has 4 nitrogen and oxygen atoms in total. The van der Waals surface area contributed by atoms with E-state index in [4.69, 9.17) is 4.74 Å². The highest BCUT2D eigenvalue weighted by Crippen LogP contribution is 2.29. The molecule has 0 saturated carbocycles. The SMILES string of the molecule is Cc1cccc(COc2ccccc2CN(CCC(C(=O)O)C(C)C)Cc2cc(-c3ccccc3)cs2)c1. The van der Waals surface area contributed by atoms with Gasteiger partial charge in [0.1, 0.15) is 12.4 Å². The van der Waals surface area contributed by atoms with Crippen LogP contribution in [0.4, 0.5) is 0 Å². The number of benzene rings is 3. The summed E-state index contributed by atoms with van der Waals surface area (Å²) < 4.78 is 6.28. The van der Waals surface area contributed by atoms with E-state index in [-0.39, 0.29) is 11.8 Å². The van der Waals surface area contributed by atoms with Crippen molar-refractivity contribution in [2.75, 3.05) is 6.54 Å². The van der Waals surface area contributed by atoms with Crippen molar-refractivity contribution in [2.45, 2.75) is 46.9 Å². The molecule has 3 aromatic carbocycles. The number of carboxylic acids is 1. The van der Waals surface area contributed by atoms with Crippen LogP contribution in [0.15, 0.2) is 90.3 Å². The van der Waals surface area contributed by atoms with Gasteiger partial charge in [0.2, 0.25) is 0 Å². The predicted molar refractivity (Wildman–Crippen MR) is 156 cm³/mol. The fourth-order valence-electron chi connectivity index (χ4n) is 4.72. The van der Waals surface area contributed by atoms with Crippen LogP contribution in [-0.4, -0.2) is 22.5 Å². The number of carboxylic acid groups (broad SMARTS) is 1. The minimum atomic E-state index is -0.718. The molecule has 198 valence electrons. The summed E-state index contributed by atoms with van der Waals surface area (Å²) in [7, 11) is 0. The lowest BCUT2D eigenvalue weighted by atomic mass is 9.92. The van der Waals surface area contributed by atoms with E-state index < -0.39 is 5.97 Å². The molecule has 1 heterocycles. The molecule has 0 spiro atoms. The van der Waals surface area contributed by atoms with Crippen LogP contribution >= 0.6 is 11.3 Å². The second-order valence-corrected chi connectivity index (χ2v) is 11.2. The summed E-state index contributed by atoms with van der Waals surface area (Å²) in [5.41, 5.74) is 5.90. The van der Waals surface area contributed by atoms with Crippen molar-refractivity contribution in [1.82, 2.24) is 4.90 Å². The summed E-state index contributed by atoms with van der Waals surface area (Å²) in [5, 5.41) is 12.0. The average molecular weight is 528 g/mol. The van der Waals surface area contributed by atoms with Gasteiger partial charge in [-0.25, -0.2) is 0 Å². The van der Waals surface area contributed by atoms with Gasteiger partial charge < -0.3 is 9.84 Å². The molecule has 0 bridgehead atoms. The number of nitrogens with zero attached hydrogens (tertiary/aromatic N) is 1. The molecule has 0 saturated heterocycles. The van der Waals surface area contributed by atoms with Crippen molar-refractivity contribution in [3.8, 4) is 16.9 Å². The molecular weight excluding hydrogens is 490 g/mol. The number of carbonyl (C=O) groups is 1. The smallest absolute Gasteiger partial charge is 0.306 e. The second-order valence-electron chi connectivity index (χ2n) is 10.2. The lowest BCUT2D eigenvalue weighted by Crippen LogP contribution is -2.29. The Hall–Kier alpha value is -3.41. The van der Waals surface area contributed by atoms with Gasteiger partial charge in [-0.1, -0.05) is 92.2 Å². The normalized spacial score (nSPS) is 12.1. The molecule has 1 atom stereocenters. The van der Waals surface area contributed by atoms with Crippen LogP contribution in [0, 0.1) is 18.8 Å². The number of thiophene rings is 1. The van der Waals surface area contributed by atoms with Gasteiger partial charge in [-0.3, -0.25) is 9.69 Å². The molecule has 0 aliphatic heterocycles. The predicted octanol–water partition coefficient (Wildman–Crippen LogP) is 8.05. The van der Waals surface area contributed by atoms with Crippen molar-refractivity contribution in [3.63, 3.8) is 0 Å². The van der Waals surface area contributed by atoms with Gasteiger partial charge in [0.15, 0.2) is 0 Å². The van der Waals surface area contributed by atoms with Gasteiger partial charge in [-0.05, 0) is 60.0 Å². The molecule has 5 heteroatoms. The molecule has 4 rings (SSSR count). The van der Waals surface area contributed by atoms with E-state index in [1.165, 1.54) is 21.6 Å². The van der Waals surface area contributed by atoms with Crippen LogP contribution in [0.5, 0.6) is 5.75 Å². The first-order valence-corrected chi connectivity index (χ1v) is 14.1. The molecule has 0 aliphatic rings. The molecular formula is C33H37NO3S. The lowest BCUT2D eigenvalue weighted by Gasteiger charge is -2.26. The summed E-state index contributed by atoms with van der Waals surface area (Å²) in [6.07, 6.45) is 0.607. The largest absolute Gasteiger partial charge is 0.489 e. The van der Waals surface area contributed by atoms with Crippen molar-refractivity contribution in [1.29, 1.82) is 0 Å².